The fourth-order valence-corrected chi connectivity index (χ4v) is 2.52. The average Bonchev–Trinajstić information content (AvgIpc) is 2.65. The maximum absolute atomic E-state index is 12.0. The average molecular weight is 375 g/mol. The van der Waals surface area contributed by atoms with Gasteiger partial charge in [-0.3, -0.25) is 4.79 Å². The number of hydrogen-bond donors (Lipinski definition) is 3. The van der Waals surface area contributed by atoms with E-state index >= 15 is 0 Å². The van der Waals surface area contributed by atoms with E-state index in [1.165, 1.54) is 0 Å². The molecular weight excluding hydrogens is 352 g/mol. The summed E-state index contributed by atoms with van der Waals surface area (Å²) in [5.74, 6) is 0.759. The molecule has 0 aromatic heterocycles. The van der Waals surface area contributed by atoms with Crippen molar-refractivity contribution in [1.82, 2.24) is 5.32 Å². The third kappa shape index (κ3) is 5.67. The van der Waals surface area contributed by atoms with Gasteiger partial charge >= 0.3 is 0 Å². The molecule has 2 aromatic carbocycles. The van der Waals surface area contributed by atoms with Gasteiger partial charge in [0, 0.05) is 17.8 Å². The molecule has 2 rings (SSSR count). The van der Waals surface area contributed by atoms with Crippen LogP contribution in [-0.4, -0.2) is 25.5 Å². The van der Waals surface area contributed by atoms with E-state index in [0.29, 0.717) is 35.1 Å². The zero-order chi connectivity index (χ0) is 18.9. The Labute approximate surface area is 158 Å². The van der Waals surface area contributed by atoms with Gasteiger partial charge in [-0.15, -0.1) is 0 Å². The Hall–Kier alpha value is -2.73. The summed E-state index contributed by atoms with van der Waals surface area (Å²) in [5.41, 5.74) is 8.14. The van der Waals surface area contributed by atoms with Crippen molar-refractivity contribution in [1.29, 1.82) is 0 Å². The summed E-state index contributed by atoms with van der Waals surface area (Å²) in [6, 6.07) is 12.6. The lowest BCUT2D eigenvalue weighted by Crippen LogP contribution is -2.24. The molecule has 6 nitrogen and oxygen atoms in total. The number of anilines is 1. The maximum Gasteiger partial charge on any atom is 0.251 e. The lowest BCUT2D eigenvalue weighted by molar-refractivity contribution is 0.0953. The molecule has 7 heteroatoms. The smallest absolute Gasteiger partial charge is 0.251 e. The van der Waals surface area contributed by atoms with Gasteiger partial charge in [0.1, 0.15) is 5.75 Å². The van der Waals surface area contributed by atoms with Crippen molar-refractivity contribution in [3.05, 3.63) is 58.6 Å². The number of carbonyl (C=O) groups is 1. The van der Waals surface area contributed by atoms with Crippen LogP contribution in [0.25, 0.3) is 0 Å². The number of ether oxygens (including phenoxy) is 1. The molecule has 26 heavy (non-hydrogen) atoms. The van der Waals surface area contributed by atoms with Crippen molar-refractivity contribution in [3.63, 3.8) is 0 Å². The van der Waals surface area contributed by atoms with Gasteiger partial charge in [-0.1, -0.05) is 30.7 Å². The summed E-state index contributed by atoms with van der Waals surface area (Å²) in [7, 11) is 1.56. The van der Waals surface area contributed by atoms with Crippen LogP contribution in [0.3, 0.4) is 0 Å². The molecule has 2 aromatic rings. The summed E-state index contributed by atoms with van der Waals surface area (Å²) in [6.07, 6.45) is 0.896. The van der Waals surface area contributed by atoms with E-state index in [0.717, 1.165) is 12.0 Å². The highest BCUT2D eigenvalue weighted by molar-refractivity contribution is 6.32. The first-order valence-electron chi connectivity index (χ1n) is 8.31. The van der Waals surface area contributed by atoms with Crippen molar-refractivity contribution in [2.45, 2.75) is 19.9 Å². The quantitative estimate of drug-likeness (QED) is 0.511. The Balaban J connectivity index is 2.00. The van der Waals surface area contributed by atoms with Crippen LogP contribution >= 0.6 is 11.6 Å². The van der Waals surface area contributed by atoms with Crippen LogP contribution in [0.2, 0.25) is 5.02 Å². The maximum atomic E-state index is 12.0. The van der Waals surface area contributed by atoms with E-state index in [1.807, 2.05) is 25.1 Å². The zero-order valence-corrected chi connectivity index (χ0v) is 15.6. The van der Waals surface area contributed by atoms with Crippen LogP contribution in [0, 0.1) is 0 Å². The normalized spacial score (nSPS) is 11.1. The number of carbonyl (C=O) groups excluding carboxylic acids is 1. The molecule has 0 aliphatic carbocycles. The largest absolute Gasteiger partial charge is 0.495 e. The molecule has 0 aliphatic rings. The summed E-state index contributed by atoms with van der Waals surface area (Å²) >= 11 is 6.09. The number of hydrogen-bond acceptors (Lipinski definition) is 3. The number of rotatable bonds is 7. The highest BCUT2D eigenvalue weighted by Crippen LogP contribution is 2.27. The fraction of sp³-hybridized carbons (Fsp3) is 0.263. The molecule has 0 saturated carbocycles. The summed E-state index contributed by atoms with van der Waals surface area (Å²) in [4.78, 5) is 16.3. The standard InChI is InChI=1S/C19H23ClN4O2/c1-3-9-22-18(25)14-6-4-5-13(10-14)12-23-19(21)24-15-7-8-17(26-2)16(20)11-15/h4-8,10-11H,3,9,12H2,1-2H3,(H,22,25)(H3,21,23,24). The van der Waals surface area contributed by atoms with E-state index in [-0.39, 0.29) is 11.9 Å². The first-order valence-corrected chi connectivity index (χ1v) is 8.69. The van der Waals surface area contributed by atoms with Crippen molar-refractivity contribution in [3.8, 4) is 5.75 Å². The number of guanidine groups is 1. The SMILES string of the molecule is CCCNC(=O)c1cccc(CN=C(N)Nc2ccc(OC)c(Cl)c2)c1. The highest BCUT2D eigenvalue weighted by Gasteiger charge is 2.06. The molecule has 0 saturated heterocycles. The van der Waals surface area contributed by atoms with Crippen LogP contribution < -0.4 is 21.1 Å². The van der Waals surface area contributed by atoms with E-state index < -0.39 is 0 Å². The number of nitrogens with zero attached hydrogens (tertiary/aromatic N) is 1. The lowest BCUT2D eigenvalue weighted by atomic mass is 10.1. The van der Waals surface area contributed by atoms with E-state index in [9.17, 15) is 4.79 Å². The first kappa shape index (κ1) is 19.6. The number of aliphatic imine (C=N–C) groups is 1. The summed E-state index contributed by atoms with van der Waals surface area (Å²) in [6.45, 7) is 3.03. The fourth-order valence-electron chi connectivity index (χ4n) is 2.26. The molecule has 138 valence electrons. The monoisotopic (exact) mass is 374 g/mol. The minimum absolute atomic E-state index is 0.0864. The van der Waals surface area contributed by atoms with Gasteiger partial charge < -0.3 is 21.1 Å². The topological polar surface area (TPSA) is 88.7 Å². The lowest BCUT2D eigenvalue weighted by Gasteiger charge is -2.09. The number of nitrogens with two attached hydrogens (primary N) is 1. The second kappa shape index (κ2) is 9.68. The summed E-state index contributed by atoms with van der Waals surface area (Å²) in [5, 5.41) is 6.31. The molecule has 0 spiro atoms. The Morgan fingerprint density at radius 3 is 2.77 bits per heavy atom. The van der Waals surface area contributed by atoms with Gasteiger partial charge in [-0.25, -0.2) is 4.99 Å². The molecule has 0 radical (unpaired) electrons. The molecule has 0 unspecified atom stereocenters. The van der Waals surface area contributed by atoms with Crippen molar-refractivity contribution >= 4 is 29.2 Å². The minimum atomic E-state index is -0.0864. The van der Waals surface area contributed by atoms with Gasteiger partial charge in [-0.05, 0) is 42.3 Å². The first-order chi connectivity index (χ1) is 12.5. The van der Waals surface area contributed by atoms with Crippen LogP contribution in [0.15, 0.2) is 47.5 Å². The van der Waals surface area contributed by atoms with Gasteiger partial charge in [0.2, 0.25) is 0 Å². The van der Waals surface area contributed by atoms with Gasteiger partial charge in [-0.2, -0.15) is 0 Å². The molecule has 0 bridgehead atoms. The van der Waals surface area contributed by atoms with Crippen LogP contribution in [0.5, 0.6) is 5.75 Å². The van der Waals surface area contributed by atoms with Crippen LogP contribution in [0.4, 0.5) is 5.69 Å². The molecule has 0 aliphatic heterocycles. The van der Waals surface area contributed by atoms with Crippen molar-refractivity contribution in [2.24, 2.45) is 10.7 Å². The van der Waals surface area contributed by atoms with Gasteiger partial charge in [0.05, 0.1) is 18.7 Å². The Bertz CT molecular complexity index is 793. The van der Waals surface area contributed by atoms with Crippen molar-refractivity contribution in [2.75, 3.05) is 19.0 Å². The summed E-state index contributed by atoms with van der Waals surface area (Å²) < 4.78 is 5.11. The highest BCUT2D eigenvalue weighted by atomic mass is 35.5. The molecule has 1 amide bonds. The third-order valence-electron chi connectivity index (χ3n) is 3.58. The minimum Gasteiger partial charge on any atom is -0.495 e. The second-order valence-corrected chi connectivity index (χ2v) is 6.04. The number of nitrogens with one attached hydrogen (secondary N) is 2. The number of methoxy groups -OCH3 is 1. The van der Waals surface area contributed by atoms with Gasteiger partial charge in [0.25, 0.3) is 5.91 Å². The predicted octanol–water partition coefficient (Wildman–Crippen LogP) is 3.42. The van der Waals surface area contributed by atoms with E-state index in [1.54, 1.807) is 31.4 Å². The number of halogens is 1. The molecule has 0 fully saturated rings. The third-order valence-corrected chi connectivity index (χ3v) is 3.88. The van der Waals surface area contributed by atoms with E-state index in [4.69, 9.17) is 22.1 Å². The van der Waals surface area contributed by atoms with E-state index in [2.05, 4.69) is 15.6 Å². The van der Waals surface area contributed by atoms with Crippen molar-refractivity contribution < 1.29 is 9.53 Å². The number of amides is 1. The molecular formula is C19H23ClN4O2. The Morgan fingerprint density at radius 1 is 1.27 bits per heavy atom. The molecule has 0 atom stereocenters. The van der Waals surface area contributed by atoms with Gasteiger partial charge in [0.15, 0.2) is 5.96 Å². The van der Waals surface area contributed by atoms with Crippen LogP contribution in [0.1, 0.15) is 29.3 Å². The molecule has 0 heterocycles. The Morgan fingerprint density at radius 2 is 2.08 bits per heavy atom. The zero-order valence-electron chi connectivity index (χ0n) is 14.9. The molecule has 4 N–H and O–H groups in total. The Kier molecular flexibility index (Phi) is 7.29. The predicted molar refractivity (Wildman–Crippen MR) is 106 cm³/mol. The van der Waals surface area contributed by atoms with Crippen LogP contribution in [-0.2, 0) is 6.54 Å². The second-order valence-electron chi connectivity index (χ2n) is 5.63. The number of benzene rings is 2.